The van der Waals surface area contributed by atoms with Gasteiger partial charge < -0.3 is 20.6 Å². The number of carboxylic acid groups (broad SMARTS) is 1. The third kappa shape index (κ3) is 3.84. The molecule has 0 saturated carbocycles. The van der Waals surface area contributed by atoms with Crippen LogP contribution in [0, 0.1) is 5.82 Å². The number of likely N-dealkylation sites (N-methyl/N-ethyl adjacent to an activating group) is 1. The highest BCUT2D eigenvalue weighted by Crippen LogP contribution is 2.28. The van der Waals surface area contributed by atoms with Crippen molar-refractivity contribution in [2.75, 3.05) is 37.8 Å². The van der Waals surface area contributed by atoms with Crippen LogP contribution < -0.4 is 10.6 Å². The van der Waals surface area contributed by atoms with Gasteiger partial charge in [0.2, 0.25) is 5.91 Å². The van der Waals surface area contributed by atoms with Crippen LogP contribution in [-0.4, -0.2) is 49.1 Å². The molecule has 1 amide bonds. The fraction of sp³-hybridized carbons (Fsp3) is 0.429. The predicted molar refractivity (Wildman–Crippen MR) is 79.0 cm³/mol. The third-order valence-corrected chi connectivity index (χ3v) is 3.04. The Morgan fingerprint density at radius 1 is 1.33 bits per heavy atom. The van der Waals surface area contributed by atoms with E-state index in [9.17, 15) is 19.1 Å². The maximum absolute atomic E-state index is 13.5. The van der Waals surface area contributed by atoms with Gasteiger partial charge in [0.15, 0.2) is 0 Å². The van der Waals surface area contributed by atoms with E-state index in [0.29, 0.717) is 13.0 Å². The second kappa shape index (κ2) is 6.92. The number of aromatic carboxylic acids is 1. The standard InChI is InChI=1S/C14H20FN3O3/c1-4-7-18(8-11(19)17(2)3)10-6-5-9(15)13(16)12(10)14(20)21/h5-6H,4,7-8,16H2,1-3H3,(H,20,21). The van der Waals surface area contributed by atoms with Crippen molar-refractivity contribution >= 4 is 23.3 Å². The summed E-state index contributed by atoms with van der Waals surface area (Å²) in [4.78, 5) is 26.2. The molecule has 0 spiro atoms. The van der Waals surface area contributed by atoms with E-state index in [0.717, 1.165) is 6.07 Å². The Labute approximate surface area is 122 Å². The van der Waals surface area contributed by atoms with Crippen LogP contribution in [0.5, 0.6) is 0 Å². The number of anilines is 2. The number of carboxylic acids is 1. The largest absolute Gasteiger partial charge is 0.478 e. The van der Waals surface area contributed by atoms with Crippen LogP contribution in [0.25, 0.3) is 0 Å². The molecule has 1 aromatic rings. The number of nitrogen functional groups attached to an aromatic ring is 1. The molecule has 0 bridgehead atoms. The predicted octanol–water partition coefficient (Wildman–Crippen LogP) is 1.41. The molecule has 0 saturated heterocycles. The number of nitrogens with zero attached hydrogens (tertiary/aromatic N) is 2. The van der Waals surface area contributed by atoms with Crippen LogP contribution in [-0.2, 0) is 4.79 Å². The number of carbonyl (C=O) groups is 2. The van der Waals surface area contributed by atoms with Crippen molar-refractivity contribution < 1.29 is 19.1 Å². The van der Waals surface area contributed by atoms with E-state index in [1.165, 1.54) is 11.0 Å². The summed E-state index contributed by atoms with van der Waals surface area (Å²) in [6, 6.07) is 2.45. The summed E-state index contributed by atoms with van der Waals surface area (Å²) in [5, 5.41) is 9.26. The fourth-order valence-electron chi connectivity index (χ4n) is 1.93. The SMILES string of the molecule is CCCN(CC(=O)N(C)C)c1ccc(F)c(N)c1C(=O)O. The summed E-state index contributed by atoms with van der Waals surface area (Å²) in [6.07, 6.45) is 0.705. The Balaban J connectivity index is 3.28. The van der Waals surface area contributed by atoms with E-state index in [1.54, 1.807) is 19.0 Å². The van der Waals surface area contributed by atoms with Crippen LogP contribution in [0.2, 0.25) is 0 Å². The molecule has 0 fully saturated rings. The van der Waals surface area contributed by atoms with Crippen molar-refractivity contribution in [3.63, 3.8) is 0 Å². The van der Waals surface area contributed by atoms with Gasteiger partial charge >= 0.3 is 5.97 Å². The third-order valence-electron chi connectivity index (χ3n) is 3.04. The molecule has 116 valence electrons. The van der Waals surface area contributed by atoms with Gasteiger partial charge in [0.25, 0.3) is 0 Å². The monoisotopic (exact) mass is 297 g/mol. The highest BCUT2D eigenvalue weighted by molar-refractivity contribution is 6.00. The second-order valence-electron chi connectivity index (χ2n) is 4.87. The molecule has 7 heteroatoms. The van der Waals surface area contributed by atoms with Crippen LogP contribution in [0.1, 0.15) is 23.7 Å². The van der Waals surface area contributed by atoms with Crippen LogP contribution in [0.15, 0.2) is 12.1 Å². The van der Waals surface area contributed by atoms with E-state index >= 15 is 0 Å². The molecular formula is C14H20FN3O3. The maximum atomic E-state index is 13.5. The fourth-order valence-corrected chi connectivity index (χ4v) is 1.93. The van der Waals surface area contributed by atoms with Gasteiger partial charge in [-0.1, -0.05) is 6.92 Å². The number of carbonyl (C=O) groups excluding carboxylic acids is 1. The zero-order valence-corrected chi connectivity index (χ0v) is 12.4. The van der Waals surface area contributed by atoms with Crippen molar-refractivity contribution in [1.82, 2.24) is 4.90 Å². The molecule has 3 N–H and O–H groups in total. The Bertz CT molecular complexity index is 547. The lowest BCUT2D eigenvalue weighted by molar-refractivity contribution is -0.127. The number of nitrogens with two attached hydrogens (primary N) is 1. The van der Waals surface area contributed by atoms with Crippen LogP contribution >= 0.6 is 0 Å². The van der Waals surface area contributed by atoms with E-state index in [4.69, 9.17) is 5.73 Å². The average Bonchev–Trinajstić information content (AvgIpc) is 2.40. The first-order valence-electron chi connectivity index (χ1n) is 6.55. The summed E-state index contributed by atoms with van der Waals surface area (Å²) in [6.45, 7) is 2.37. The lowest BCUT2D eigenvalue weighted by Crippen LogP contribution is -2.38. The lowest BCUT2D eigenvalue weighted by Gasteiger charge is -2.27. The number of benzene rings is 1. The smallest absolute Gasteiger partial charge is 0.340 e. The minimum atomic E-state index is -1.32. The van der Waals surface area contributed by atoms with Crippen molar-refractivity contribution in [1.29, 1.82) is 0 Å². The Morgan fingerprint density at radius 3 is 2.43 bits per heavy atom. The first-order valence-corrected chi connectivity index (χ1v) is 6.55. The molecule has 6 nitrogen and oxygen atoms in total. The summed E-state index contributed by atoms with van der Waals surface area (Å²) in [7, 11) is 3.23. The molecule has 0 radical (unpaired) electrons. The zero-order valence-electron chi connectivity index (χ0n) is 12.4. The number of amides is 1. The van der Waals surface area contributed by atoms with Gasteiger partial charge in [-0.3, -0.25) is 4.79 Å². The maximum Gasteiger partial charge on any atom is 0.340 e. The average molecular weight is 297 g/mol. The molecule has 0 aliphatic carbocycles. The summed E-state index contributed by atoms with van der Waals surface area (Å²) >= 11 is 0. The molecule has 1 rings (SSSR count). The van der Waals surface area contributed by atoms with Crippen LogP contribution in [0.3, 0.4) is 0 Å². The first kappa shape index (κ1) is 16.7. The Hall–Kier alpha value is -2.31. The molecule has 0 aromatic heterocycles. The number of rotatable bonds is 6. The highest BCUT2D eigenvalue weighted by Gasteiger charge is 2.23. The minimum absolute atomic E-state index is 0.00614. The molecular weight excluding hydrogens is 277 g/mol. The van der Waals surface area contributed by atoms with E-state index in [-0.39, 0.29) is 23.7 Å². The van der Waals surface area contributed by atoms with Crippen molar-refractivity contribution in [3.8, 4) is 0 Å². The van der Waals surface area contributed by atoms with Gasteiger partial charge in [-0.05, 0) is 18.6 Å². The van der Waals surface area contributed by atoms with Crippen molar-refractivity contribution in [3.05, 3.63) is 23.5 Å². The summed E-state index contributed by atoms with van der Waals surface area (Å²) in [5.74, 6) is -2.28. The quantitative estimate of drug-likeness (QED) is 0.775. The van der Waals surface area contributed by atoms with Gasteiger partial charge in [0, 0.05) is 20.6 Å². The van der Waals surface area contributed by atoms with E-state index < -0.39 is 17.5 Å². The molecule has 0 atom stereocenters. The molecule has 1 aromatic carbocycles. The first-order chi connectivity index (χ1) is 9.79. The number of halogens is 1. The van der Waals surface area contributed by atoms with Crippen molar-refractivity contribution in [2.24, 2.45) is 0 Å². The van der Waals surface area contributed by atoms with Crippen LogP contribution in [0.4, 0.5) is 15.8 Å². The number of hydrogen-bond donors (Lipinski definition) is 2. The van der Waals surface area contributed by atoms with E-state index in [2.05, 4.69) is 0 Å². The van der Waals surface area contributed by atoms with Crippen molar-refractivity contribution in [2.45, 2.75) is 13.3 Å². The molecule has 0 aliphatic rings. The van der Waals surface area contributed by atoms with Gasteiger partial charge in [-0.2, -0.15) is 0 Å². The molecule has 0 heterocycles. The van der Waals surface area contributed by atoms with E-state index in [1.807, 2.05) is 6.92 Å². The number of hydrogen-bond acceptors (Lipinski definition) is 4. The molecule has 0 unspecified atom stereocenters. The van der Waals surface area contributed by atoms with Gasteiger partial charge in [-0.25, -0.2) is 9.18 Å². The normalized spacial score (nSPS) is 10.3. The Morgan fingerprint density at radius 2 is 1.95 bits per heavy atom. The van der Waals surface area contributed by atoms with Gasteiger partial charge in [0.05, 0.1) is 17.9 Å². The Kier molecular flexibility index (Phi) is 5.52. The topological polar surface area (TPSA) is 86.9 Å². The summed E-state index contributed by atoms with van der Waals surface area (Å²) in [5.41, 5.74) is 5.05. The van der Waals surface area contributed by atoms with Gasteiger partial charge in [-0.15, -0.1) is 0 Å². The van der Waals surface area contributed by atoms with Gasteiger partial charge in [0.1, 0.15) is 11.4 Å². The summed E-state index contributed by atoms with van der Waals surface area (Å²) < 4.78 is 13.5. The lowest BCUT2D eigenvalue weighted by atomic mass is 10.1. The minimum Gasteiger partial charge on any atom is -0.478 e. The highest BCUT2D eigenvalue weighted by atomic mass is 19.1. The second-order valence-corrected chi connectivity index (χ2v) is 4.87. The molecule has 21 heavy (non-hydrogen) atoms. The molecule has 0 aliphatic heterocycles. The zero-order chi connectivity index (χ0) is 16.2.